The lowest BCUT2D eigenvalue weighted by Crippen LogP contribution is -2.20. The summed E-state index contributed by atoms with van der Waals surface area (Å²) in [6, 6.07) is 4.28. The fourth-order valence-corrected chi connectivity index (χ4v) is 1.15. The Bertz CT molecular complexity index is 226. The number of hydrogen-bond acceptors (Lipinski definition) is 3. The van der Waals surface area contributed by atoms with Crippen LogP contribution in [0.3, 0.4) is 0 Å². The zero-order valence-electron chi connectivity index (χ0n) is 7.90. The van der Waals surface area contributed by atoms with E-state index in [4.69, 9.17) is 5.11 Å². The maximum absolute atomic E-state index is 8.60. The summed E-state index contributed by atoms with van der Waals surface area (Å²) in [5.74, 6) is 0. The summed E-state index contributed by atoms with van der Waals surface area (Å²) in [5, 5.41) is 11.9. The van der Waals surface area contributed by atoms with Crippen LogP contribution in [-0.4, -0.2) is 23.2 Å². The van der Waals surface area contributed by atoms with Crippen molar-refractivity contribution in [2.45, 2.75) is 19.4 Å². The second-order valence-electron chi connectivity index (χ2n) is 3.04. The summed E-state index contributed by atoms with van der Waals surface area (Å²) in [4.78, 5) is 4.04. The monoisotopic (exact) mass is 180 g/mol. The third-order valence-corrected chi connectivity index (χ3v) is 1.97. The van der Waals surface area contributed by atoms with Gasteiger partial charge in [-0.15, -0.1) is 0 Å². The van der Waals surface area contributed by atoms with Crippen molar-refractivity contribution in [3.63, 3.8) is 0 Å². The highest BCUT2D eigenvalue weighted by atomic mass is 16.3. The van der Waals surface area contributed by atoms with Crippen molar-refractivity contribution in [1.82, 2.24) is 10.3 Å². The highest BCUT2D eigenvalue weighted by Gasteiger charge is 2.02. The van der Waals surface area contributed by atoms with Crippen molar-refractivity contribution in [2.24, 2.45) is 0 Å². The Hall–Kier alpha value is -0.930. The fraction of sp³-hybridized carbons (Fsp3) is 0.500. The van der Waals surface area contributed by atoms with E-state index in [1.807, 2.05) is 18.3 Å². The normalized spacial score (nSPS) is 12.8. The molecule has 0 saturated carbocycles. The molecule has 1 aromatic heterocycles. The minimum Gasteiger partial charge on any atom is -0.396 e. The van der Waals surface area contributed by atoms with Gasteiger partial charge in [-0.05, 0) is 31.5 Å². The molecule has 0 saturated heterocycles. The van der Waals surface area contributed by atoms with E-state index in [9.17, 15) is 0 Å². The van der Waals surface area contributed by atoms with Crippen molar-refractivity contribution >= 4 is 0 Å². The molecule has 0 aromatic carbocycles. The number of nitrogens with one attached hydrogen (secondary N) is 1. The summed E-state index contributed by atoms with van der Waals surface area (Å²) in [5.41, 5.74) is 1.18. The fourth-order valence-electron chi connectivity index (χ4n) is 1.15. The number of rotatable bonds is 5. The van der Waals surface area contributed by atoms with Crippen LogP contribution in [0, 0.1) is 0 Å². The van der Waals surface area contributed by atoms with Crippen LogP contribution in [0.2, 0.25) is 0 Å². The van der Waals surface area contributed by atoms with Crippen molar-refractivity contribution in [2.75, 3.05) is 13.2 Å². The van der Waals surface area contributed by atoms with Crippen LogP contribution in [0.25, 0.3) is 0 Å². The maximum atomic E-state index is 8.60. The van der Waals surface area contributed by atoms with Crippen LogP contribution < -0.4 is 5.32 Å². The Kier molecular flexibility index (Phi) is 4.43. The van der Waals surface area contributed by atoms with E-state index >= 15 is 0 Å². The van der Waals surface area contributed by atoms with E-state index in [1.165, 1.54) is 5.56 Å². The molecule has 1 rings (SSSR count). The van der Waals surface area contributed by atoms with Crippen LogP contribution in [0.5, 0.6) is 0 Å². The second kappa shape index (κ2) is 5.67. The molecule has 72 valence electrons. The molecule has 0 radical (unpaired) electrons. The van der Waals surface area contributed by atoms with Gasteiger partial charge in [0, 0.05) is 25.0 Å². The van der Waals surface area contributed by atoms with Crippen LogP contribution >= 0.6 is 0 Å². The number of aromatic nitrogens is 1. The van der Waals surface area contributed by atoms with E-state index in [2.05, 4.69) is 17.2 Å². The molecule has 1 heterocycles. The predicted molar refractivity (Wildman–Crippen MR) is 52.4 cm³/mol. The minimum atomic E-state index is 0.243. The van der Waals surface area contributed by atoms with Gasteiger partial charge < -0.3 is 10.4 Å². The zero-order valence-corrected chi connectivity index (χ0v) is 7.90. The van der Waals surface area contributed by atoms with Crippen molar-refractivity contribution < 1.29 is 5.11 Å². The highest BCUT2D eigenvalue weighted by Crippen LogP contribution is 2.08. The molecule has 1 unspecified atom stereocenters. The Balaban J connectivity index is 2.35. The Morgan fingerprint density at radius 1 is 1.62 bits per heavy atom. The third kappa shape index (κ3) is 3.53. The molecule has 0 aliphatic carbocycles. The molecular formula is C10H16N2O. The van der Waals surface area contributed by atoms with Gasteiger partial charge in [0.05, 0.1) is 0 Å². The van der Waals surface area contributed by atoms with Gasteiger partial charge >= 0.3 is 0 Å². The molecule has 1 aromatic rings. The number of aliphatic hydroxyl groups excluding tert-OH is 1. The van der Waals surface area contributed by atoms with E-state index < -0.39 is 0 Å². The number of aliphatic hydroxyl groups is 1. The maximum Gasteiger partial charge on any atom is 0.0443 e. The molecule has 0 bridgehead atoms. The largest absolute Gasteiger partial charge is 0.396 e. The lowest BCUT2D eigenvalue weighted by Gasteiger charge is -2.12. The molecule has 2 N–H and O–H groups in total. The summed E-state index contributed by atoms with van der Waals surface area (Å²) in [6.07, 6.45) is 4.42. The van der Waals surface area contributed by atoms with Crippen LogP contribution in [0.4, 0.5) is 0 Å². The van der Waals surface area contributed by atoms with Crippen molar-refractivity contribution in [3.8, 4) is 0 Å². The molecule has 1 atom stereocenters. The number of hydrogen-bond donors (Lipinski definition) is 2. The van der Waals surface area contributed by atoms with Crippen LogP contribution in [0.15, 0.2) is 24.5 Å². The average molecular weight is 180 g/mol. The quantitative estimate of drug-likeness (QED) is 0.667. The molecule has 13 heavy (non-hydrogen) atoms. The zero-order chi connectivity index (χ0) is 9.52. The number of pyridine rings is 1. The highest BCUT2D eigenvalue weighted by molar-refractivity contribution is 5.12. The molecule has 3 nitrogen and oxygen atoms in total. The van der Waals surface area contributed by atoms with E-state index in [0.717, 1.165) is 13.0 Å². The first kappa shape index (κ1) is 10.2. The van der Waals surface area contributed by atoms with Crippen LogP contribution in [-0.2, 0) is 0 Å². The number of nitrogens with zero attached hydrogens (tertiary/aromatic N) is 1. The topological polar surface area (TPSA) is 45.1 Å². The van der Waals surface area contributed by atoms with Gasteiger partial charge in [0.25, 0.3) is 0 Å². The van der Waals surface area contributed by atoms with Gasteiger partial charge in [0.2, 0.25) is 0 Å². The first-order chi connectivity index (χ1) is 6.34. The molecule has 0 fully saturated rings. The SMILES string of the molecule is CC(NCCCO)c1cccnc1. The first-order valence-electron chi connectivity index (χ1n) is 4.58. The van der Waals surface area contributed by atoms with Crippen molar-refractivity contribution in [1.29, 1.82) is 0 Å². The third-order valence-electron chi connectivity index (χ3n) is 1.97. The predicted octanol–water partition coefficient (Wildman–Crippen LogP) is 1.11. The first-order valence-corrected chi connectivity index (χ1v) is 4.58. The Morgan fingerprint density at radius 2 is 2.46 bits per heavy atom. The minimum absolute atomic E-state index is 0.243. The summed E-state index contributed by atoms with van der Waals surface area (Å²) in [6.45, 7) is 3.17. The lowest BCUT2D eigenvalue weighted by atomic mass is 10.1. The molecule has 0 amide bonds. The van der Waals surface area contributed by atoms with Gasteiger partial charge in [0.1, 0.15) is 0 Å². The smallest absolute Gasteiger partial charge is 0.0443 e. The summed E-state index contributed by atoms with van der Waals surface area (Å²) >= 11 is 0. The average Bonchev–Trinajstić information content (AvgIpc) is 2.19. The van der Waals surface area contributed by atoms with Gasteiger partial charge in [-0.2, -0.15) is 0 Å². The van der Waals surface area contributed by atoms with E-state index in [-0.39, 0.29) is 6.61 Å². The van der Waals surface area contributed by atoms with Crippen LogP contribution in [0.1, 0.15) is 24.9 Å². The summed E-state index contributed by atoms with van der Waals surface area (Å²) < 4.78 is 0. The molecule has 0 aliphatic rings. The van der Waals surface area contributed by atoms with Gasteiger partial charge in [-0.1, -0.05) is 6.07 Å². The van der Waals surface area contributed by atoms with E-state index in [1.54, 1.807) is 6.20 Å². The van der Waals surface area contributed by atoms with Gasteiger partial charge in [0.15, 0.2) is 0 Å². The molecule has 0 aliphatic heterocycles. The Labute approximate surface area is 78.8 Å². The van der Waals surface area contributed by atoms with Gasteiger partial charge in [-0.25, -0.2) is 0 Å². The second-order valence-corrected chi connectivity index (χ2v) is 3.04. The van der Waals surface area contributed by atoms with Gasteiger partial charge in [-0.3, -0.25) is 4.98 Å². The molecule has 3 heteroatoms. The standard InChI is InChI=1S/C10H16N2O/c1-9(12-6-3-7-13)10-4-2-5-11-8-10/h2,4-5,8-9,12-13H,3,6-7H2,1H3. The lowest BCUT2D eigenvalue weighted by molar-refractivity contribution is 0.284. The Morgan fingerprint density at radius 3 is 3.08 bits per heavy atom. The summed E-state index contributed by atoms with van der Waals surface area (Å²) in [7, 11) is 0. The molecule has 0 spiro atoms. The molecular weight excluding hydrogens is 164 g/mol. The van der Waals surface area contributed by atoms with Crippen molar-refractivity contribution in [3.05, 3.63) is 30.1 Å². The van der Waals surface area contributed by atoms with E-state index in [0.29, 0.717) is 6.04 Å².